The first-order chi connectivity index (χ1) is 19.0. The van der Waals surface area contributed by atoms with Crippen molar-refractivity contribution >= 4 is 49.6 Å². The number of aliphatic carboxylic acids is 2. The molecule has 0 unspecified atom stereocenters. The van der Waals surface area contributed by atoms with Crippen LogP contribution in [0.2, 0.25) is 0 Å². The molecule has 0 atom stereocenters. The van der Waals surface area contributed by atoms with Crippen molar-refractivity contribution < 1.29 is 34.1 Å². The number of benzene rings is 3. The number of carbonyl (C=O) groups is 3. The molecule has 0 aliphatic carbocycles. The Morgan fingerprint density at radius 3 is 2.17 bits per heavy atom. The van der Waals surface area contributed by atoms with Gasteiger partial charge in [-0.05, 0) is 99.9 Å². The van der Waals surface area contributed by atoms with Crippen molar-refractivity contribution in [2.24, 2.45) is 0 Å². The van der Waals surface area contributed by atoms with E-state index < -0.39 is 11.9 Å². The lowest BCUT2D eigenvalue weighted by atomic mass is 9.95. The molecule has 40 heavy (non-hydrogen) atoms. The number of aryl methyl sites for hydroxylation is 1. The molecule has 3 rings (SSSR count). The zero-order chi connectivity index (χ0) is 29.4. The monoisotopic (exact) mass is 674 g/mol. The van der Waals surface area contributed by atoms with Crippen LogP contribution >= 0.6 is 31.9 Å². The van der Waals surface area contributed by atoms with Crippen molar-refractivity contribution in [1.29, 1.82) is 0 Å². The number of ketones is 1. The fourth-order valence-electron chi connectivity index (χ4n) is 4.19. The lowest BCUT2D eigenvalue weighted by Crippen LogP contribution is -2.09. The van der Waals surface area contributed by atoms with Gasteiger partial charge in [-0.1, -0.05) is 37.6 Å². The Labute approximate surface area is 250 Å². The normalized spacial score (nSPS) is 10.9. The van der Waals surface area contributed by atoms with Crippen LogP contribution in [0.1, 0.15) is 78.1 Å². The highest BCUT2D eigenvalue weighted by molar-refractivity contribution is 9.11. The van der Waals surface area contributed by atoms with Crippen LogP contribution in [0.5, 0.6) is 17.2 Å². The van der Waals surface area contributed by atoms with E-state index in [2.05, 4.69) is 31.9 Å². The maximum absolute atomic E-state index is 13.8. The van der Waals surface area contributed by atoms with E-state index in [1.807, 2.05) is 45.0 Å². The van der Waals surface area contributed by atoms with Crippen LogP contribution in [-0.2, 0) is 16.0 Å². The molecular weight excluding hydrogens is 644 g/mol. The first kappa shape index (κ1) is 31.4. The molecule has 0 spiro atoms. The molecule has 0 aliphatic rings. The van der Waals surface area contributed by atoms with E-state index >= 15 is 0 Å². The molecule has 0 aliphatic heterocycles. The topological polar surface area (TPSA) is 110 Å². The summed E-state index contributed by atoms with van der Waals surface area (Å²) in [6.07, 6.45) is 1.97. The van der Waals surface area contributed by atoms with Crippen LogP contribution in [-0.4, -0.2) is 34.5 Å². The van der Waals surface area contributed by atoms with Gasteiger partial charge in [-0.3, -0.25) is 14.4 Å². The Kier molecular flexibility index (Phi) is 11.3. The molecule has 0 fully saturated rings. The van der Waals surface area contributed by atoms with E-state index in [0.717, 1.165) is 17.5 Å². The quantitative estimate of drug-likeness (QED) is 0.131. The Hall–Kier alpha value is -3.17. The van der Waals surface area contributed by atoms with Crippen LogP contribution in [0, 0.1) is 6.92 Å². The predicted molar refractivity (Wildman–Crippen MR) is 160 cm³/mol. The third-order valence-corrected chi connectivity index (χ3v) is 7.35. The highest BCUT2D eigenvalue weighted by Gasteiger charge is 2.23. The average Bonchev–Trinajstić information content (AvgIpc) is 2.87. The lowest BCUT2D eigenvalue weighted by Gasteiger charge is -2.20. The van der Waals surface area contributed by atoms with E-state index in [4.69, 9.17) is 14.6 Å². The molecule has 0 saturated carbocycles. The summed E-state index contributed by atoms with van der Waals surface area (Å²) in [6, 6.07) is 14.2. The molecule has 0 heterocycles. The largest absolute Gasteiger partial charge is 0.493 e. The highest BCUT2D eigenvalue weighted by atomic mass is 79.9. The third-order valence-electron chi connectivity index (χ3n) is 6.18. The van der Waals surface area contributed by atoms with Gasteiger partial charge in [0.1, 0.15) is 11.5 Å². The molecule has 0 bridgehead atoms. The van der Waals surface area contributed by atoms with Crippen molar-refractivity contribution in [2.75, 3.05) is 6.61 Å². The summed E-state index contributed by atoms with van der Waals surface area (Å²) in [4.78, 5) is 35.8. The number of carboxylic acids is 2. The van der Waals surface area contributed by atoms with Crippen molar-refractivity contribution in [1.82, 2.24) is 0 Å². The second-order valence-corrected chi connectivity index (χ2v) is 11.6. The Bertz CT molecular complexity index is 1380. The number of hydrogen-bond acceptors (Lipinski definition) is 5. The maximum atomic E-state index is 13.8. The van der Waals surface area contributed by atoms with Gasteiger partial charge in [0.2, 0.25) is 0 Å². The van der Waals surface area contributed by atoms with Gasteiger partial charge < -0.3 is 19.7 Å². The van der Waals surface area contributed by atoms with Gasteiger partial charge in [0.25, 0.3) is 0 Å². The average molecular weight is 676 g/mol. The van der Waals surface area contributed by atoms with Crippen LogP contribution in [0.15, 0.2) is 57.5 Å². The standard InChI is InChI=1S/C31H32Br2O7/c1-18(2)22-16-27(40-31-24(32)13-20(14-25(31)33)15-29(36)37)23(30(38)21-9-7-8-19(3)12-21)17-26(22)39-11-6-4-5-10-28(34)35/h7-9,12-14,16-18H,4-6,10-11,15H2,1-3H3,(H,34,35)(H,36,37). The highest BCUT2D eigenvalue weighted by Crippen LogP contribution is 2.42. The second-order valence-electron chi connectivity index (χ2n) is 9.85. The number of rotatable bonds is 14. The molecule has 2 N–H and O–H groups in total. The van der Waals surface area contributed by atoms with Crippen LogP contribution in [0.3, 0.4) is 0 Å². The van der Waals surface area contributed by atoms with Crippen LogP contribution in [0.25, 0.3) is 0 Å². The fourth-order valence-corrected chi connectivity index (χ4v) is 5.63. The summed E-state index contributed by atoms with van der Waals surface area (Å²) in [5.41, 5.74) is 3.23. The summed E-state index contributed by atoms with van der Waals surface area (Å²) < 4.78 is 13.6. The molecule has 0 radical (unpaired) electrons. The van der Waals surface area contributed by atoms with Crippen molar-refractivity contribution in [2.45, 2.75) is 58.8 Å². The molecule has 0 saturated heterocycles. The first-order valence-corrected chi connectivity index (χ1v) is 14.6. The maximum Gasteiger partial charge on any atom is 0.307 e. The number of carbonyl (C=O) groups excluding carboxylic acids is 1. The first-order valence-electron chi connectivity index (χ1n) is 13.0. The van der Waals surface area contributed by atoms with Gasteiger partial charge in [-0.2, -0.15) is 0 Å². The Morgan fingerprint density at radius 2 is 1.57 bits per heavy atom. The van der Waals surface area contributed by atoms with Gasteiger partial charge >= 0.3 is 11.9 Å². The lowest BCUT2D eigenvalue weighted by molar-refractivity contribution is -0.137. The molecule has 3 aromatic carbocycles. The van der Waals surface area contributed by atoms with Crippen molar-refractivity contribution in [3.63, 3.8) is 0 Å². The van der Waals surface area contributed by atoms with Gasteiger partial charge in [0.05, 0.1) is 27.5 Å². The van der Waals surface area contributed by atoms with E-state index in [0.29, 0.717) is 62.3 Å². The summed E-state index contributed by atoms with van der Waals surface area (Å²) in [7, 11) is 0. The van der Waals surface area contributed by atoms with Gasteiger partial charge in [0.15, 0.2) is 11.5 Å². The summed E-state index contributed by atoms with van der Waals surface area (Å²) in [5.74, 6) is -0.602. The van der Waals surface area contributed by atoms with Gasteiger partial charge in [0, 0.05) is 17.5 Å². The van der Waals surface area contributed by atoms with Crippen molar-refractivity contribution in [3.8, 4) is 17.2 Å². The van der Waals surface area contributed by atoms with E-state index in [1.165, 1.54) is 0 Å². The second kappa shape index (κ2) is 14.5. The van der Waals surface area contributed by atoms with E-state index in [9.17, 15) is 19.5 Å². The van der Waals surface area contributed by atoms with Gasteiger partial charge in [-0.15, -0.1) is 0 Å². The van der Waals surface area contributed by atoms with Gasteiger partial charge in [-0.25, -0.2) is 0 Å². The minimum absolute atomic E-state index is 0.0531. The molecule has 212 valence electrons. The number of ether oxygens (including phenoxy) is 2. The fraction of sp³-hybridized carbons (Fsp3) is 0.323. The summed E-state index contributed by atoms with van der Waals surface area (Å²) >= 11 is 6.99. The summed E-state index contributed by atoms with van der Waals surface area (Å²) in [6.45, 7) is 6.35. The van der Waals surface area contributed by atoms with Crippen molar-refractivity contribution in [3.05, 3.63) is 85.3 Å². The zero-order valence-electron chi connectivity index (χ0n) is 22.6. The number of halogens is 2. The minimum Gasteiger partial charge on any atom is -0.493 e. The predicted octanol–water partition coefficient (Wildman–Crippen LogP) is 8.32. The van der Waals surface area contributed by atoms with E-state index in [-0.39, 0.29) is 24.5 Å². The molecule has 7 nitrogen and oxygen atoms in total. The molecular formula is C31H32Br2O7. The van der Waals surface area contributed by atoms with Crippen LogP contribution in [0.4, 0.5) is 0 Å². The Balaban J connectivity index is 2.02. The number of hydrogen-bond donors (Lipinski definition) is 2. The van der Waals surface area contributed by atoms with Crippen LogP contribution < -0.4 is 9.47 Å². The SMILES string of the molecule is Cc1cccc(C(=O)c2cc(OCCCCCC(=O)O)c(C(C)C)cc2Oc2c(Br)cc(CC(=O)O)cc2Br)c1. The molecule has 0 aromatic heterocycles. The Morgan fingerprint density at radius 1 is 0.875 bits per heavy atom. The minimum atomic E-state index is -0.947. The zero-order valence-corrected chi connectivity index (χ0v) is 25.8. The molecule has 9 heteroatoms. The summed E-state index contributed by atoms with van der Waals surface area (Å²) in [5, 5.41) is 18.0. The third kappa shape index (κ3) is 8.66. The smallest absolute Gasteiger partial charge is 0.307 e. The number of carboxylic acid groups (broad SMARTS) is 2. The molecule has 0 amide bonds. The molecule has 3 aromatic rings. The number of unbranched alkanes of at least 4 members (excludes halogenated alkanes) is 2. The van der Waals surface area contributed by atoms with E-state index in [1.54, 1.807) is 24.3 Å².